The first-order chi connectivity index (χ1) is 15.8. The van der Waals surface area contributed by atoms with Gasteiger partial charge in [0.1, 0.15) is 23.9 Å². The molecule has 0 radical (unpaired) electrons. The highest BCUT2D eigenvalue weighted by atomic mass is 16.5. The molecule has 4 aromatic rings. The van der Waals surface area contributed by atoms with E-state index in [0.29, 0.717) is 19.1 Å². The van der Waals surface area contributed by atoms with Crippen LogP contribution in [0.2, 0.25) is 0 Å². The van der Waals surface area contributed by atoms with Crippen molar-refractivity contribution in [2.24, 2.45) is 0 Å². The smallest absolute Gasteiger partial charge is 0.229 e. The molecule has 0 bridgehead atoms. The topological polar surface area (TPSA) is 75.5 Å². The van der Waals surface area contributed by atoms with E-state index in [-0.39, 0.29) is 0 Å². The van der Waals surface area contributed by atoms with E-state index in [2.05, 4.69) is 20.5 Å². The maximum Gasteiger partial charge on any atom is 0.229 e. The van der Waals surface area contributed by atoms with E-state index in [0.717, 1.165) is 40.5 Å². The van der Waals surface area contributed by atoms with Gasteiger partial charge >= 0.3 is 0 Å². The molecule has 1 aliphatic rings. The van der Waals surface area contributed by atoms with E-state index in [1.165, 1.54) is 25.9 Å². The lowest BCUT2D eigenvalue weighted by molar-refractivity contribution is 0.238. The number of rotatable bonds is 9. The minimum absolute atomic E-state index is 0.536. The van der Waals surface area contributed by atoms with E-state index < -0.39 is 0 Å². The van der Waals surface area contributed by atoms with Crippen LogP contribution in [0, 0.1) is 0 Å². The number of furan rings is 1. The quantitative estimate of drug-likeness (QED) is 0.385. The van der Waals surface area contributed by atoms with Crippen molar-refractivity contribution in [3.8, 4) is 5.75 Å². The number of nitrogens with zero attached hydrogens (tertiary/aromatic N) is 3. The predicted octanol–water partition coefficient (Wildman–Crippen LogP) is 5.05. The largest absolute Gasteiger partial charge is 0.492 e. The Hall–Kier alpha value is -3.58. The number of hydrogen-bond acceptors (Lipinski definition) is 7. The Morgan fingerprint density at radius 2 is 1.78 bits per heavy atom. The molecule has 0 saturated carbocycles. The summed E-state index contributed by atoms with van der Waals surface area (Å²) in [5.74, 6) is 3.02. The zero-order valence-electron chi connectivity index (χ0n) is 18.0. The van der Waals surface area contributed by atoms with Crippen molar-refractivity contribution < 1.29 is 9.15 Å². The SMILES string of the molecule is c1coc(CNc2nc(Nc3ccc(OCCN4CCCC4)cc3)nc3ccccc23)c1. The molecule has 1 fully saturated rings. The summed E-state index contributed by atoms with van der Waals surface area (Å²) in [6, 6.07) is 19.7. The first kappa shape index (κ1) is 20.3. The second-order valence-corrected chi connectivity index (χ2v) is 7.89. The third-order valence-electron chi connectivity index (χ3n) is 5.60. The van der Waals surface area contributed by atoms with Gasteiger partial charge < -0.3 is 19.8 Å². The standard InChI is InChI=1S/C25H27N5O2/c1-2-8-23-22(7-1)24(26-18-21-6-5-16-31-21)29-25(28-23)27-19-9-11-20(12-10-19)32-17-15-30-13-3-4-14-30/h1-2,5-12,16H,3-4,13-15,17-18H2,(H2,26,27,28,29). The number of fused-ring (bicyclic) bond motifs is 1. The number of hydrogen-bond donors (Lipinski definition) is 2. The molecule has 0 amide bonds. The molecule has 2 aromatic carbocycles. The summed E-state index contributed by atoms with van der Waals surface area (Å²) in [6.45, 7) is 4.63. The molecule has 3 heterocycles. The number of para-hydroxylation sites is 1. The zero-order valence-corrected chi connectivity index (χ0v) is 18.0. The van der Waals surface area contributed by atoms with Crippen molar-refractivity contribution in [3.63, 3.8) is 0 Å². The number of ether oxygens (including phenoxy) is 1. The van der Waals surface area contributed by atoms with E-state index >= 15 is 0 Å². The second kappa shape index (κ2) is 9.70. The summed E-state index contributed by atoms with van der Waals surface area (Å²) in [7, 11) is 0. The Labute approximate surface area is 187 Å². The molecule has 7 heteroatoms. The molecule has 0 aliphatic carbocycles. The van der Waals surface area contributed by atoms with Gasteiger partial charge in [-0.25, -0.2) is 4.98 Å². The van der Waals surface area contributed by atoms with Gasteiger partial charge in [-0.2, -0.15) is 4.98 Å². The lowest BCUT2D eigenvalue weighted by Gasteiger charge is -2.15. The maximum atomic E-state index is 5.90. The van der Waals surface area contributed by atoms with Gasteiger partial charge in [-0.3, -0.25) is 4.90 Å². The average molecular weight is 430 g/mol. The van der Waals surface area contributed by atoms with Crippen LogP contribution in [-0.4, -0.2) is 41.1 Å². The molecule has 164 valence electrons. The van der Waals surface area contributed by atoms with E-state index in [1.807, 2.05) is 60.7 Å². The zero-order chi connectivity index (χ0) is 21.6. The van der Waals surface area contributed by atoms with Crippen molar-refractivity contribution in [3.05, 3.63) is 72.7 Å². The normalized spacial score (nSPS) is 14.0. The summed E-state index contributed by atoms with van der Waals surface area (Å²) in [5.41, 5.74) is 1.78. The summed E-state index contributed by atoms with van der Waals surface area (Å²) in [4.78, 5) is 11.8. The van der Waals surface area contributed by atoms with Crippen molar-refractivity contribution in [1.82, 2.24) is 14.9 Å². The molecular weight excluding hydrogens is 402 g/mol. The fourth-order valence-electron chi connectivity index (χ4n) is 3.91. The Bertz CT molecular complexity index is 1140. The lowest BCUT2D eigenvalue weighted by atomic mass is 10.2. The molecule has 0 unspecified atom stereocenters. The molecule has 1 aliphatic heterocycles. The molecule has 0 atom stereocenters. The molecular formula is C25H27N5O2. The fourth-order valence-corrected chi connectivity index (χ4v) is 3.91. The van der Waals surface area contributed by atoms with Crippen molar-refractivity contribution >= 4 is 28.4 Å². The molecule has 1 saturated heterocycles. The number of nitrogens with one attached hydrogen (secondary N) is 2. The first-order valence-electron chi connectivity index (χ1n) is 11.1. The number of anilines is 3. The second-order valence-electron chi connectivity index (χ2n) is 7.89. The maximum absolute atomic E-state index is 5.90. The highest BCUT2D eigenvalue weighted by Gasteiger charge is 2.11. The van der Waals surface area contributed by atoms with Gasteiger partial charge in [0.25, 0.3) is 0 Å². The minimum Gasteiger partial charge on any atom is -0.492 e. The molecule has 2 aromatic heterocycles. The van der Waals surface area contributed by atoms with Crippen molar-refractivity contribution in [2.45, 2.75) is 19.4 Å². The number of benzene rings is 2. The molecule has 5 rings (SSSR count). The third kappa shape index (κ3) is 5.00. The van der Waals surface area contributed by atoms with Gasteiger partial charge in [0.15, 0.2) is 0 Å². The van der Waals surface area contributed by atoms with Gasteiger partial charge in [0, 0.05) is 17.6 Å². The summed E-state index contributed by atoms with van der Waals surface area (Å²) >= 11 is 0. The van der Waals surface area contributed by atoms with Gasteiger partial charge in [-0.05, 0) is 74.5 Å². The van der Waals surface area contributed by atoms with Gasteiger partial charge in [-0.1, -0.05) is 12.1 Å². The minimum atomic E-state index is 0.536. The average Bonchev–Trinajstić information content (AvgIpc) is 3.53. The lowest BCUT2D eigenvalue weighted by Crippen LogP contribution is -2.25. The van der Waals surface area contributed by atoms with Crippen LogP contribution in [0.15, 0.2) is 71.3 Å². The highest BCUT2D eigenvalue weighted by molar-refractivity contribution is 5.90. The Morgan fingerprint density at radius 1 is 0.938 bits per heavy atom. The third-order valence-corrected chi connectivity index (χ3v) is 5.60. The van der Waals surface area contributed by atoms with Crippen LogP contribution < -0.4 is 15.4 Å². The van der Waals surface area contributed by atoms with Gasteiger partial charge in [-0.15, -0.1) is 0 Å². The van der Waals surface area contributed by atoms with Crippen molar-refractivity contribution in [2.75, 3.05) is 36.9 Å². The van der Waals surface area contributed by atoms with Crippen LogP contribution >= 0.6 is 0 Å². The summed E-state index contributed by atoms with van der Waals surface area (Å²) in [5, 5.41) is 7.64. The monoisotopic (exact) mass is 429 g/mol. The Morgan fingerprint density at radius 3 is 2.59 bits per heavy atom. The first-order valence-corrected chi connectivity index (χ1v) is 11.1. The van der Waals surface area contributed by atoms with E-state index in [1.54, 1.807) is 6.26 Å². The Balaban J connectivity index is 1.25. The van der Waals surface area contributed by atoms with Crippen LogP contribution in [-0.2, 0) is 6.54 Å². The van der Waals surface area contributed by atoms with E-state index in [9.17, 15) is 0 Å². The fraction of sp³-hybridized carbons (Fsp3) is 0.280. The molecule has 0 spiro atoms. The Kier molecular flexibility index (Phi) is 6.16. The van der Waals surface area contributed by atoms with Crippen LogP contribution in [0.5, 0.6) is 5.75 Å². The number of aromatic nitrogens is 2. The van der Waals surface area contributed by atoms with Crippen LogP contribution in [0.25, 0.3) is 10.9 Å². The van der Waals surface area contributed by atoms with Gasteiger partial charge in [0.2, 0.25) is 5.95 Å². The summed E-state index contributed by atoms with van der Waals surface area (Å²) in [6.07, 6.45) is 4.27. The predicted molar refractivity (Wildman–Crippen MR) is 126 cm³/mol. The van der Waals surface area contributed by atoms with Crippen LogP contribution in [0.3, 0.4) is 0 Å². The number of likely N-dealkylation sites (tertiary alicyclic amines) is 1. The highest BCUT2D eigenvalue weighted by Crippen LogP contribution is 2.25. The summed E-state index contributed by atoms with van der Waals surface area (Å²) < 4.78 is 11.3. The van der Waals surface area contributed by atoms with Gasteiger partial charge in [0.05, 0.1) is 18.3 Å². The van der Waals surface area contributed by atoms with Crippen LogP contribution in [0.1, 0.15) is 18.6 Å². The molecule has 2 N–H and O–H groups in total. The molecule has 7 nitrogen and oxygen atoms in total. The van der Waals surface area contributed by atoms with Crippen LogP contribution in [0.4, 0.5) is 17.5 Å². The van der Waals surface area contributed by atoms with Crippen molar-refractivity contribution in [1.29, 1.82) is 0 Å². The molecule has 32 heavy (non-hydrogen) atoms. The van der Waals surface area contributed by atoms with E-state index in [4.69, 9.17) is 14.1 Å².